The van der Waals surface area contributed by atoms with Gasteiger partial charge in [0, 0.05) is 23.2 Å². The van der Waals surface area contributed by atoms with Crippen molar-refractivity contribution in [2.24, 2.45) is 5.92 Å². The molecule has 1 unspecified atom stereocenters. The zero-order valence-electron chi connectivity index (χ0n) is 18.4. The van der Waals surface area contributed by atoms with E-state index in [4.69, 9.17) is 16.3 Å². The molecule has 2 atom stereocenters. The van der Waals surface area contributed by atoms with E-state index in [-0.39, 0.29) is 18.4 Å². The van der Waals surface area contributed by atoms with E-state index >= 15 is 0 Å². The van der Waals surface area contributed by atoms with E-state index in [0.717, 1.165) is 37.0 Å². The SMILES string of the molecule is CC(C1CCCCC1)N1C(=O)O[C@](Cc2ccc(F)cc2)(C(=O)Nc2ccc(Cl)cc2)C1=O. The molecule has 3 amide bonds. The highest BCUT2D eigenvalue weighted by atomic mass is 35.5. The second-order valence-electron chi connectivity index (χ2n) is 8.77. The number of imide groups is 1. The molecule has 2 fully saturated rings. The summed E-state index contributed by atoms with van der Waals surface area (Å²) in [6, 6.07) is 11.4. The molecule has 2 aliphatic rings. The standard InChI is InChI=1S/C25H26ClFN2O4/c1-16(18-5-3-2-4-6-18)29-23(31)25(33-24(29)32,15-17-7-11-20(27)12-8-17)22(30)28-21-13-9-19(26)10-14-21/h7-14,16,18H,2-6,15H2,1H3,(H,28,30)/t16?,25-/m1/s1. The van der Waals surface area contributed by atoms with Crippen LogP contribution in [0.5, 0.6) is 0 Å². The molecule has 1 saturated carbocycles. The summed E-state index contributed by atoms with van der Waals surface area (Å²) in [6.07, 6.45) is 4.03. The Morgan fingerprint density at radius 3 is 2.39 bits per heavy atom. The largest absolute Gasteiger partial charge is 0.422 e. The fourth-order valence-corrected chi connectivity index (χ4v) is 4.81. The number of hydrogen-bond donors (Lipinski definition) is 1. The van der Waals surface area contributed by atoms with E-state index in [1.807, 2.05) is 6.92 Å². The van der Waals surface area contributed by atoms with Crippen LogP contribution in [0.15, 0.2) is 48.5 Å². The highest BCUT2D eigenvalue weighted by Crippen LogP contribution is 2.36. The van der Waals surface area contributed by atoms with Crippen LogP contribution in [0.2, 0.25) is 5.02 Å². The van der Waals surface area contributed by atoms with Crippen molar-refractivity contribution in [2.45, 2.75) is 57.1 Å². The van der Waals surface area contributed by atoms with Gasteiger partial charge in [-0.3, -0.25) is 9.59 Å². The van der Waals surface area contributed by atoms with Crippen molar-refractivity contribution in [1.29, 1.82) is 0 Å². The minimum atomic E-state index is -2.09. The van der Waals surface area contributed by atoms with Crippen molar-refractivity contribution in [3.05, 3.63) is 64.9 Å². The third-order valence-electron chi connectivity index (χ3n) is 6.60. The van der Waals surface area contributed by atoms with Gasteiger partial charge in [0.1, 0.15) is 5.82 Å². The number of amides is 3. The number of carbonyl (C=O) groups excluding carboxylic acids is 3. The number of rotatable bonds is 6. The van der Waals surface area contributed by atoms with Crippen molar-refractivity contribution in [3.8, 4) is 0 Å². The van der Waals surface area contributed by atoms with E-state index < -0.39 is 29.3 Å². The maximum absolute atomic E-state index is 13.7. The Bertz CT molecular complexity index is 1040. The molecule has 2 aromatic rings. The van der Waals surface area contributed by atoms with Gasteiger partial charge in [0.05, 0.1) is 0 Å². The molecule has 0 radical (unpaired) electrons. The third kappa shape index (κ3) is 4.74. The molecular weight excluding hydrogens is 447 g/mol. The number of ether oxygens (including phenoxy) is 1. The lowest BCUT2D eigenvalue weighted by Gasteiger charge is -2.32. The van der Waals surface area contributed by atoms with Gasteiger partial charge in [-0.25, -0.2) is 14.1 Å². The topological polar surface area (TPSA) is 75.7 Å². The molecule has 1 N–H and O–H groups in total. The molecule has 2 aromatic carbocycles. The van der Waals surface area contributed by atoms with Crippen molar-refractivity contribution >= 4 is 35.2 Å². The number of halogens is 2. The second kappa shape index (κ2) is 9.51. The number of cyclic esters (lactones) is 1. The van der Waals surface area contributed by atoms with Crippen molar-refractivity contribution in [1.82, 2.24) is 4.90 Å². The summed E-state index contributed by atoms with van der Waals surface area (Å²) in [4.78, 5) is 41.2. The summed E-state index contributed by atoms with van der Waals surface area (Å²) in [7, 11) is 0. The quantitative estimate of drug-likeness (QED) is 0.575. The summed E-state index contributed by atoms with van der Waals surface area (Å²) >= 11 is 5.92. The van der Waals surface area contributed by atoms with Crippen LogP contribution < -0.4 is 5.32 Å². The summed E-state index contributed by atoms with van der Waals surface area (Å²) in [5, 5.41) is 3.17. The summed E-state index contributed by atoms with van der Waals surface area (Å²) in [6.45, 7) is 1.83. The van der Waals surface area contributed by atoms with E-state index in [1.54, 1.807) is 24.3 Å². The van der Waals surface area contributed by atoms with E-state index in [9.17, 15) is 18.8 Å². The van der Waals surface area contributed by atoms with Crippen LogP contribution in [-0.2, 0) is 20.7 Å². The lowest BCUT2D eigenvalue weighted by atomic mass is 9.83. The normalized spacial score (nSPS) is 22.2. The summed E-state index contributed by atoms with van der Waals surface area (Å²) in [5.74, 6) is -1.73. The van der Waals surface area contributed by atoms with E-state index in [0.29, 0.717) is 16.3 Å². The lowest BCUT2D eigenvalue weighted by molar-refractivity contribution is -0.147. The van der Waals surface area contributed by atoms with Crippen LogP contribution in [-0.4, -0.2) is 34.5 Å². The molecule has 0 spiro atoms. The van der Waals surface area contributed by atoms with Gasteiger partial charge in [0.25, 0.3) is 17.4 Å². The van der Waals surface area contributed by atoms with Crippen LogP contribution in [0, 0.1) is 11.7 Å². The van der Waals surface area contributed by atoms with Gasteiger partial charge in [0.2, 0.25) is 0 Å². The molecule has 1 saturated heterocycles. The smallest absolute Gasteiger partial charge is 0.418 e. The zero-order chi connectivity index (χ0) is 23.6. The third-order valence-corrected chi connectivity index (χ3v) is 6.85. The Hall–Kier alpha value is -2.93. The van der Waals surface area contributed by atoms with Gasteiger partial charge in [0.15, 0.2) is 0 Å². The highest BCUT2D eigenvalue weighted by Gasteiger charge is 2.61. The van der Waals surface area contributed by atoms with Gasteiger partial charge in [-0.15, -0.1) is 0 Å². The second-order valence-corrected chi connectivity index (χ2v) is 9.21. The molecule has 1 heterocycles. The first-order chi connectivity index (χ1) is 15.8. The molecule has 0 bridgehead atoms. The van der Waals surface area contributed by atoms with Crippen LogP contribution in [0.3, 0.4) is 0 Å². The number of hydrogen-bond acceptors (Lipinski definition) is 4. The number of benzene rings is 2. The average molecular weight is 473 g/mol. The number of anilines is 1. The molecule has 33 heavy (non-hydrogen) atoms. The Labute approximate surface area is 197 Å². The molecule has 1 aliphatic carbocycles. The van der Waals surface area contributed by atoms with Gasteiger partial charge >= 0.3 is 6.09 Å². The zero-order valence-corrected chi connectivity index (χ0v) is 19.1. The van der Waals surface area contributed by atoms with Crippen molar-refractivity contribution < 1.29 is 23.5 Å². The number of nitrogens with one attached hydrogen (secondary N) is 1. The Morgan fingerprint density at radius 2 is 1.76 bits per heavy atom. The molecule has 174 valence electrons. The first-order valence-corrected chi connectivity index (χ1v) is 11.6. The maximum Gasteiger partial charge on any atom is 0.418 e. The average Bonchev–Trinajstić information content (AvgIpc) is 3.07. The lowest BCUT2D eigenvalue weighted by Crippen LogP contribution is -2.54. The number of carbonyl (C=O) groups is 3. The molecule has 6 nitrogen and oxygen atoms in total. The molecule has 1 aliphatic heterocycles. The van der Waals surface area contributed by atoms with E-state index in [1.165, 1.54) is 24.3 Å². The summed E-state index contributed by atoms with van der Waals surface area (Å²) < 4.78 is 19.0. The van der Waals surface area contributed by atoms with Crippen LogP contribution in [0.25, 0.3) is 0 Å². The Kier molecular flexibility index (Phi) is 6.70. The van der Waals surface area contributed by atoms with Crippen LogP contribution in [0.4, 0.5) is 14.9 Å². The Balaban J connectivity index is 1.66. The number of nitrogens with zero attached hydrogens (tertiary/aromatic N) is 1. The summed E-state index contributed by atoms with van der Waals surface area (Å²) in [5.41, 5.74) is -1.18. The molecule has 4 rings (SSSR count). The van der Waals surface area contributed by atoms with E-state index in [2.05, 4.69) is 5.32 Å². The first-order valence-electron chi connectivity index (χ1n) is 11.2. The van der Waals surface area contributed by atoms with Gasteiger partial charge in [-0.05, 0) is 67.6 Å². The van der Waals surface area contributed by atoms with Gasteiger partial charge < -0.3 is 10.1 Å². The minimum Gasteiger partial charge on any atom is -0.422 e. The van der Waals surface area contributed by atoms with Crippen molar-refractivity contribution in [2.75, 3.05) is 5.32 Å². The van der Waals surface area contributed by atoms with Gasteiger partial charge in [-0.1, -0.05) is 43.0 Å². The molecule has 0 aromatic heterocycles. The van der Waals surface area contributed by atoms with Gasteiger partial charge in [-0.2, -0.15) is 0 Å². The molecule has 8 heteroatoms. The highest BCUT2D eigenvalue weighted by molar-refractivity contribution is 6.30. The fraction of sp³-hybridized carbons (Fsp3) is 0.400. The predicted octanol–water partition coefficient (Wildman–Crippen LogP) is 5.35. The predicted molar refractivity (Wildman–Crippen MR) is 122 cm³/mol. The first kappa shape index (κ1) is 23.2. The fourth-order valence-electron chi connectivity index (χ4n) is 4.69. The van der Waals surface area contributed by atoms with Crippen LogP contribution >= 0.6 is 11.6 Å². The maximum atomic E-state index is 13.7. The van der Waals surface area contributed by atoms with Crippen molar-refractivity contribution in [3.63, 3.8) is 0 Å². The minimum absolute atomic E-state index is 0.163. The Morgan fingerprint density at radius 1 is 1.12 bits per heavy atom. The molecular formula is C25H26ClFN2O4. The van der Waals surface area contributed by atoms with Crippen LogP contribution in [0.1, 0.15) is 44.6 Å². The monoisotopic (exact) mass is 472 g/mol.